The predicted molar refractivity (Wildman–Crippen MR) is 85.1 cm³/mol. The number of thiazole rings is 1. The van der Waals surface area contributed by atoms with Crippen LogP contribution >= 0.6 is 27.3 Å². The van der Waals surface area contributed by atoms with Gasteiger partial charge in [0.05, 0.1) is 28.2 Å². The van der Waals surface area contributed by atoms with Crippen molar-refractivity contribution in [1.82, 2.24) is 15.2 Å². The Morgan fingerprint density at radius 2 is 2.27 bits per heavy atom. The van der Waals surface area contributed by atoms with E-state index in [1.807, 2.05) is 0 Å². The minimum Gasteiger partial charge on any atom is -0.465 e. The third kappa shape index (κ3) is 4.33. The van der Waals surface area contributed by atoms with Crippen LogP contribution in [0.1, 0.15) is 37.7 Å². The Balaban J connectivity index is 2.02. The molecule has 1 aromatic heterocycles. The van der Waals surface area contributed by atoms with Gasteiger partial charge in [0.25, 0.3) is 0 Å². The first-order chi connectivity index (χ1) is 10.4. The van der Waals surface area contributed by atoms with Gasteiger partial charge in [0.15, 0.2) is 0 Å². The molecule has 2 atom stereocenters. The first kappa shape index (κ1) is 17.0. The molecule has 122 valence electrons. The van der Waals surface area contributed by atoms with Crippen LogP contribution in [0.2, 0.25) is 0 Å². The number of carbonyl (C=O) groups excluding carboxylic acids is 1. The van der Waals surface area contributed by atoms with E-state index in [0.29, 0.717) is 12.8 Å². The van der Waals surface area contributed by atoms with E-state index in [1.165, 1.54) is 16.2 Å². The van der Waals surface area contributed by atoms with Crippen LogP contribution in [0, 0.1) is 0 Å². The number of halogens is 1. The molecule has 0 radical (unpaired) electrons. The van der Waals surface area contributed by atoms with Gasteiger partial charge in [0.1, 0.15) is 5.01 Å². The number of ether oxygens (including phenoxy) is 1. The number of hydrogen-bond donors (Lipinski definition) is 2. The summed E-state index contributed by atoms with van der Waals surface area (Å²) in [6.45, 7) is 3.76. The summed E-state index contributed by atoms with van der Waals surface area (Å²) in [6, 6.07) is -0.519. The fraction of sp³-hybridized carbons (Fsp3) is 0.615. The Hall–Kier alpha value is -1.35. The van der Waals surface area contributed by atoms with Crippen molar-refractivity contribution >= 4 is 39.5 Å². The van der Waals surface area contributed by atoms with E-state index in [1.54, 1.807) is 20.0 Å². The molecule has 9 heteroatoms. The highest BCUT2D eigenvalue weighted by Gasteiger charge is 2.35. The quantitative estimate of drug-likeness (QED) is 0.824. The van der Waals surface area contributed by atoms with Gasteiger partial charge < -0.3 is 15.2 Å². The van der Waals surface area contributed by atoms with Crippen molar-refractivity contribution in [1.29, 1.82) is 0 Å². The van der Waals surface area contributed by atoms with Crippen LogP contribution in [0.15, 0.2) is 9.98 Å². The number of nitrogens with zero attached hydrogens (tertiary/aromatic N) is 2. The van der Waals surface area contributed by atoms with E-state index < -0.39 is 12.2 Å². The Morgan fingerprint density at radius 1 is 1.55 bits per heavy atom. The van der Waals surface area contributed by atoms with Gasteiger partial charge in [-0.1, -0.05) is 0 Å². The highest BCUT2D eigenvalue weighted by molar-refractivity contribution is 9.11. The summed E-state index contributed by atoms with van der Waals surface area (Å²) in [5.41, 5.74) is 0. The number of amides is 2. The smallest absolute Gasteiger partial charge is 0.407 e. The van der Waals surface area contributed by atoms with Crippen LogP contribution in [-0.2, 0) is 4.74 Å². The molecule has 2 rings (SSSR count). The molecule has 2 amide bonds. The molecule has 7 nitrogen and oxygen atoms in total. The molecular formula is C13H18BrN3O4S. The van der Waals surface area contributed by atoms with Crippen molar-refractivity contribution in [3.8, 4) is 0 Å². The van der Waals surface area contributed by atoms with Gasteiger partial charge in [0.2, 0.25) is 0 Å². The predicted octanol–water partition coefficient (Wildman–Crippen LogP) is 3.22. The molecule has 0 saturated carbocycles. The second kappa shape index (κ2) is 7.28. The summed E-state index contributed by atoms with van der Waals surface area (Å²) >= 11 is 4.77. The molecule has 2 N–H and O–H groups in total. The van der Waals surface area contributed by atoms with Gasteiger partial charge in [-0.2, -0.15) is 0 Å². The van der Waals surface area contributed by atoms with Gasteiger partial charge in [-0.3, -0.25) is 4.90 Å². The topological polar surface area (TPSA) is 91.8 Å². The highest BCUT2D eigenvalue weighted by atomic mass is 79.9. The second-order valence-electron chi connectivity index (χ2n) is 5.33. The van der Waals surface area contributed by atoms with Crippen molar-refractivity contribution in [2.45, 2.75) is 44.9 Å². The maximum Gasteiger partial charge on any atom is 0.407 e. The number of carboxylic acid groups (broad SMARTS) is 1. The number of nitrogens with one attached hydrogen (secondary N) is 1. The summed E-state index contributed by atoms with van der Waals surface area (Å²) in [6.07, 6.45) is 1.22. The maximum absolute atomic E-state index is 11.6. The summed E-state index contributed by atoms with van der Waals surface area (Å²) in [5, 5.41) is 12.9. The van der Waals surface area contributed by atoms with Gasteiger partial charge in [-0.15, -0.1) is 11.3 Å². The minimum atomic E-state index is -1.01. The number of likely N-dealkylation sites (tertiary alicyclic amines) is 1. The van der Waals surface area contributed by atoms with E-state index in [9.17, 15) is 14.7 Å². The Kier molecular flexibility index (Phi) is 5.63. The molecule has 0 aliphatic carbocycles. The van der Waals surface area contributed by atoms with E-state index in [0.717, 1.165) is 8.79 Å². The third-order valence-corrected chi connectivity index (χ3v) is 4.85. The largest absolute Gasteiger partial charge is 0.465 e. The minimum absolute atomic E-state index is 0.209. The van der Waals surface area contributed by atoms with Crippen LogP contribution in [-0.4, -0.2) is 45.9 Å². The fourth-order valence-electron chi connectivity index (χ4n) is 2.39. The Labute approximate surface area is 140 Å². The zero-order chi connectivity index (χ0) is 16.3. The maximum atomic E-state index is 11.6. The van der Waals surface area contributed by atoms with E-state index in [-0.39, 0.29) is 24.7 Å². The molecule has 0 spiro atoms. The molecule has 1 aliphatic heterocycles. The number of aromatic nitrogens is 1. The third-order valence-electron chi connectivity index (χ3n) is 3.27. The Bertz CT molecular complexity index is 551. The lowest BCUT2D eigenvalue weighted by Crippen LogP contribution is -2.50. The molecule has 1 fully saturated rings. The van der Waals surface area contributed by atoms with Crippen LogP contribution < -0.4 is 5.32 Å². The zero-order valence-electron chi connectivity index (χ0n) is 12.3. The fourth-order valence-corrected chi connectivity index (χ4v) is 3.78. The van der Waals surface area contributed by atoms with Crippen LogP contribution in [0.25, 0.3) is 0 Å². The van der Waals surface area contributed by atoms with Crippen molar-refractivity contribution in [2.24, 2.45) is 0 Å². The van der Waals surface area contributed by atoms with Crippen molar-refractivity contribution in [3.05, 3.63) is 15.0 Å². The first-order valence-electron chi connectivity index (χ1n) is 6.94. The summed E-state index contributed by atoms with van der Waals surface area (Å²) in [5.74, 6) is 0. The SMILES string of the molecule is CC(C)OC(=O)N[C@H]1CC[C@H](c2ncc(Br)s2)N(C(=O)O)C1. The monoisotopic (exact) mass is 391 g/mol. The summed E-state index contributed by atoms with van der Waals surface area (Å²) in [4.78, 5) is 28.7. The van der Waals surface area contributed by atoms with Crippen LogP contribution in [0.4, 0.5) is 9.59 Å². The van der Waals surface area contributed by atoms with E-state index in [2.05, 4.69) is 26.2 Å². The molecule has 0 unspecified atom stereocenters. The number of piperidine rings is 1. The van der Waals surface area contributed by atoms with E-state index >= 15 is 0 Å². The highest BCUT2D eigenvalue weighted by Crippen LogP contribution is 2.34. The van der Waals surface area contributed by atoms with Gasteiger partial charge >= 0.3 is 12.2 Å². The van der Waals surface area contributed by atoms with E-state index in [4.69, 9.17) is 4.74 Å². The molecule has 0 bridgehead atoms. The van der Waals surface area contributed by atoms with Crippen molar-refractivity contribution in [3.63, 3.8) is 0 Å². The molecule has 1 saturated heterocycles. The molecule has 2 heterocycles. The first-order valence-corrected chi connectivity index (χ1v) is 8.55. The second-order valence-corrected chi connectivity index (χ2v) is 7.77. The van der Waals surface area contributed by atoms with Crippen molar-refractivity contribution in [2.75, 3.05) is 6.54 Å². The molecular weight excluding hydrogens is 374 g/mol. The normalized spacial score (nSPS) is 21.7. The van der Waals surface area contributed by atoms with Crippen LogP contribution in [0.3, 0.4) is 0 Å². The molecule has 0 aromatic carbocycles. The lowest BCUT2D eigenvalue weighted by molar-refractivity contribution is 0.0819. The molecule has 22 heavy (non-hydrogen) atoms. The molecule has 1 aliphatic rings. The van der Waals surface area contributed by atoms with Gasteiger partial charge in [-0.05, 0) is 42.6 Å². The van der Waals surface area contributed by atoms with Gasteiger partial charge in [-0.25, -0.2) is 14.6 Å². The summed E-state index contributed by atoms with van der Waals surface area (Å²) < 4.78 is 5.90. The van der Waals surface area contributed by atoms with Crippen LogP contribution in [0.5, 0.6) is 0 Å². The number of carbonyl (C=O) groups is 2. The lowest BCUT2D eigenvalue weighted by Gasteiger charge is -2.37. The number of rotatable bonds is 3. The number of alkyl carbamates (subject to hydrolysis) is 1. The standard InChI is InChI=1S/C13H18BrN3O4S/c1-7(2)21-12(18)16-8-3-4-9(17(6-8)13(19)20)11-15-5-10(14)22-11/h5,7-9H,3-4,6H2,1-2H3,(H,16,18)(H,19,20)/t8-,9+/m0/s1. The lowest BCUT2D eigenvalue weighted by atomic mass is 9.99. The Morgan fingerprint density at radius 3 is 2.82 bits per heavy atom. The number of hydrogen-bond acceptors (Lipinski definition) is 5. The zero-order valence-corrected chi connectivity index (χ0v) is 14.7. The summed E-state index contributed by atoms with van der Waals surface area (Å²) in [7, 11) is 0. The average Bonchev–Trinajstić information content (AvgIpc) is 2.84. The average molecular weight is 392 g/mol. The molecule has 1 aromatic rings. The van der Waals surface area contributed by atoms with Gasteiger partial charge in [0, 0.05) is 6.54 Å². The van der Waals surface area contributed by atoms with Crippen molar-refractivity contribution < 1.29 is 19.4 Å².